The van der Waals surface area contributed by atoms with E-state index < -0.39 is 5.97 Å². The van der Waals surface area contributed by atoms with Crippen molar-refractivity contribution in [2.45, 2.75) is 19.9 Å². The number of benzene rings is 1. The molecule has 0 atom stereocenters. The molecule has 0 unspecified atom stereocenters. The number of aryl methyl sites for hydroxylation is 1. The van der Waals surface area contributed by atoms with Gasteiger partial charge in [-0.25, -0.2) is 9.48 Å². The zero-order valence-corrected chi connectivity index (χ0v) is 10.6. The third-order valence-corrected chi connectivity index (χ3v) is 2.74. The molecule has 0 aliphatic carbocycles. The number of aromatic carboxylic acids is 1. The number of aromatic nitrogens is 3. The molecule has 0 amide bonds. The Kier molecular flexibility index (Phi) is 3.62. The van der Waals surface area contributed by atoms with E-state index in [1.165, 1.54) is 0 Å². The first-order chi connectivity index (χ1) is 8.63. The van der Waals surface area contributed by atoms with Gasteiger partial charge in [0.05, 0.1) is 0 Å². The van der Waals surface area contributed by atoms with Crippen molar-refractivity contribution in [2.24, 2.45) is 0 Å². The minimum atomic E-state index is -1.08. The Bertz CT molecular complexity index is 563. The number of carbonyl (C=O) groups is 1. The Balaban J connectivity index is 2.55. The second-order valence-electron chi connectivity index (χ2n) is 3.82. The number of carboxylic acid groups (broad SMARTS) is 1. The van der Waals surface area contributed by atoms with Crippen molar-refractivity contribution in [3.63, 3.8) is 0 Å². The van der Waals surface area contributed by atoms with Gasteiger partial charge < -0.3 is 5.11 Å². The van der Waals surface area contributed by atoms with Crippen LogP contribution in [0.3, 0.4) is 0 Å². The number of nitrogens with zero attached hydrogens (tertiary/aromatic N) is 3. The Morgan fingerprint density at radius 2 is 2.06 bits per heavy atom. The molecule has 2 rings (SSSR count). The monoisotopic (exact) mass is 265 g/mol. The third-order valence-electron chi connectivity index (χ3n) is 2.49. The van der Waals surface area contributed by atoms with Crippen LogP contribution in [0.1, 0.15) is 23.8 Å². The number of halogens is 1. The van der Waals surface area contributed by atoms with E-state index in [4.69, 9.17) is 16.7 Å². The molecule has 2 aromatic rings. The molecule has 0 fully saturated rings. The van der Waals surface area contributed by atoms with Crippen LogP contribution >= 0.6 is 11.6 Å². The molecule has 18 heavy (non-hydrogen) atoms. The standard InChI is InChI=1S/C12H12ClN3O2/c1-2-7-16-11(10(12(17)18)14-15-16)8-3-5-9(13)6-4-8/h3-6H,2,7H2,1H3,(H,17,18). The smallest absolute Gasteiger partial charge is 0.358 e. The Morgan fingerprint density at radius 1 is 1.39 bits per heavy atom. The zero-order chi connectivity index (χ0) is 13.1. The summed E-state index contributed by atoms with van der Waals surface area (Å²) in [7, 11) is 0. The third kappa shape index (κ3) is 2.36. The fraction of sp³-hybridized carbons (Fsp3) is 0.250. The molecule has 5 nitrogen and oxygen atoms in total. The predicted octanol–water partition coefficient (Wildman–Crippen LogP) is 2.71. The van der Waals surface area contributed by atoms with Crippen molar-refractivity contribution < 1.29 is 9.90 Å². The van der Waals surface area contributed by atoms with Crippen LogP contribution in [0.15, 0.2) is 24.3 Å². The van der Waals surface area contributed by atoms with Gasteiger partial charge in [-0.05, 0) is 18.6 Å². The molecule has 1 aromatic heterocycles. The lowest BCUT2D eigenvalue weighted by atomic mass is 10.1. The molecule has 0 bridgehead atoms. The van der Waals surface area contributed by atoms with E-state index in [9.17, 15) is 4.79 Å². The van der Waals surface area contributed by atoms with Crippen LogP contribution < -0.4 is 0 Å². The summed E-state index contributed by atoms with van der Waals surface area (Å²) in [6.07, 6.45) is 0.850. The van der Waals surface area contributed by atoms with Gasteiger partial charge in [0, 0.05) is 17.1 Å². The van der Waals surface area contributed by atoms with Crippen molar-refractivity contribution in [3.8, 4) is 11.3 Å². The van der Waals surface area contributed by atoms with Crippen LogP contribution in [0.25, 0.3) is 11.3 Å². The number of carboxylic acids is 1. The fourth-order valence-electron chi connectivity index (χ4n) is 1.72. The van der Waals surface area contributed by atoms with E-state index in [1.54, 1.807) is 28.9 Å². The summed E-state index contributed by atoms with van der Waals surface area (Å²) in [5, 5.41) is 17.3. The molecule has 0 saturated heterocycles. The highest BCUT2D eigenvalue weighted by molar-refractivity contribution is 6.30. The average molecular weight is 266 g/mol. The number of rotatable bonds is 4. The van der Waals surface area contributed by atoms with Gasteiger partial charge >= 0.3 is 5.97 Å². The van der Waals surface area contributed by atoms with Crippen LogP contribution in [0.2, 0.25) is 5.02 Å². The molecule has 1 heterocycles. The Labute approximate surface area is 109 Å². The van der Waals surface area contributed by atoms with Crippen molar-refractivity contribution >= 4 is 17.6 Å². The van der Waals surface area contributed by atoms with E-state index in [1.807, 2.05) is 6.92 Å². The first kappa shape index (κ1) is 12.6. The van der Waals surface area contributed by atoms with Crippen molar-refractivity contribution in [3.05, 3.63) is 35.0 Å². The molecular weight excluding hydrogens is 254 g/mol. The highest BCUT2D eigenvalue weighted by Gasteiger charge is 2.19. The van der Waals surface area contributed by atoms with E-state index in [0.717, 1.165) is 12.0 Å². The minimum Gasteiger partial charge on any atom is -0.476 e. The van der Waals surface area contributed by atoms with Gasteiger partial charge in [-0.3, -0.25) is 0 Å². The Morgan fingerprint density at radius 3 is 2.61 bits per heavy atom. The SMILES string of the molecule is CCCn1nnc(C(=O)O)c1-c1ccc(Cl)cc1. The summed E-state index contributed by atoms with van der Waals surface area (Å²) in [6.45, 7) is 2.62. The molecule has 94 valence electrons. The first-order valence-corrected chi connectivity index (χ1v) is 5.94. The summed E-state index contributed by atoms with van der Waals surface area (Å²) in [6, 6.07) is 6.96. The molecule has 0 aliphatic rings. The minimum absolute atomic E-state index is 0.0363. The molecule has 1 aromatic carbocycles. The van der Waals surface area contributed by atoms with E-state index in [0.29, 0.717) is 17.3 Å². The van der Waals surface area contributed by atoms with E-state index in [-0.39, 0.29) is 5.69 Å². The molecule has 1 N–H and O–H groups in total. The van der Waals surface area contributed by atoms with E-state index in [2.05, 4.69) is 10.3 Å². The average Bonchev–Trinajstić information content (AvgIpc) is 2.75. The van der Waals surface area contributed by atoms with Crippen LogP contribution in [-0.2, 0) is 6.54 Å². The fourth-order valence-corrected chi connectivity index (χ4v) is 1.84. The summed E-state index contributed by atoms with van der Waals surface area (Å²) in [5.74, 6) is -1.08. The topological polar surface area (TPSA) is 68.0 Å². The lowest BCUT2D eigenvalue weighted by Crippen LogP contribution is -2.04. The lowest BCUT2D eigenvalue weighted by Gasteiger charge is -2.05. The van der Waals surface area contributed by atoms with Gasteiger partial charge in [0.2, 0.25) is 0 Å². The summed E-state index contributed by atoms with van der Waals surface area (Å²) in [4.78, 5) is 11.1. The summed E-state index contributed by atoms with van der Waals surface area (Å²) >= 11 is 5.82. The van der Waals surface area contributed by atoms with Crippen molar-refractivity contribution in [1.29, 1.82) is 0 Å². The van der Waals surface area contributed by atoms with Crippen molar-refractivity contribution in [2.75, 3.05) is 0 Å². The van der Waals surface area contributed by atoms with Crippen LogP contribution in [0.4, 0.5) is 0 Å². The molecular formula is C12H12ClN3O2. The molecule has 0 aliphatic heterocycles. The van der Waals surface area contributed by atoms with Gasteiger partial charge in [-0.15, -0.1) is 5.10 Å². The van der Waals surface area contributed by atoms with Crippen molar-refractivity contribution in [1.82, 2.24) is 15.0 Å². The van der Waals surface area contributed by atoms with Crippen LogP contribution in [0.5, 0.6) is 0 Å². The Hall–Kier alpha value is -1.88. The highest BCUT2D eigenvalue weighted by atomic mass is 35.5. The lowest BCUT2D eigenvalue weighted by molar-refractivity contribution is 0.0691. The number of hydrogen-bond acceptors (Lipinski definition) is 3. The predicted molar refractivity (Wildman–Crippen MR) is 67.7 cm³/mol. The zero-order valence-electron chi connectivity index (χ0n) is 9.80. The van der Waals surface area contributed by atoms with Crippen LogP contribution in [-0.4, -0.2) is 26.1 Å². The van der Waals surface area contributed by atoms with Gasteiger partial charge in [-0.1, -0.05) is 35.9 Å². The van der Waals surface area contributed by atoms with Gasteiger partial charge in [0.15, 0.2) is 5.69 Å². The van der Waals surface area contributed by atoms with E-state index >= 15 is 0 Å². The molecule has 0 saturated carbocycles. The normalized spacial score (nSPS) is 10.6. The molecule has 0 radical (unpaired) electrons. The summed E-state index contributed by atoms with van der Waals surface area (Å²) < 4.78 is 1.60. The van der Waals surface area contributed by atoms with Gasteiger partial charge in [0.25, 0.3) is 0 Å². The second-order valence-corrected chi connectivity index (χ2v) is 4.26. The maximum Gasteiger partial charge on any atom is 0.358 e. The molecule has 0 spiro atoms. The quantitative estimate of drug-likeness (QED) is 0.923. The van der Waals surface area contributed by atoms with Gasteiger partial charge in [-0.2, -0.15) is 0 Å². The maximum atomic E-state index is 11.1. The summed E-state index contributed by atoms with van der Waals surface area (Å²) in [5.41, 5.74) is 1.22. The largest absolute Gasteiger partial charge is 0.476 e. The first-order valence-electron chi connectivity index (χ1n) is 5.56. The molecule has 6 heteroatoms. The number of hydrogen-bond donors (Lipinski definition) is 1. The van der Waals surface area contributed by atoms with Gasteiger partial charge in [0.1, 0.15) is 5.69 Å². The van der Waals surface area contributed by atoms with Crippen LogP contribution in [0, 0.1) is 0 Å². The second kappa shape index (κ2) is 5.18. The highest BCUT2D eigenvalue weighted by Crippen LogP contribution is 2.24. The maximum absolute atomic E-state index is 11.1.